The molecule has 23 heteroatoms. The number of carbonyl (C=O) groups is 11. The fourth-order valence-corrected chi connectivity index (χ4v) is 9.41. The summed E-state index contributed by atoms with van der Waals surface area (Å²) in [5.41, 5.74) is 4.98. The Kier molecular flexibility index (Phi) is 32.0. The molecule has 0 aromatic carbocycles. The highest BCUT2D eigenvalue weighted by molar-refractivity contribution is 5.98. The first kappa shape index (κ1) is 76.9. The predicted molar refractivity (Wildman–Crippen MR) is 321 cm³/mol. The molecule has 0 saturated heterocycles. The lowest BCUT2D eigenvalue weighted by Crippen LogP contribution is -2.63. The first-order valence-corrected chi connectivity index (χ1v) is 29.4. The highest BCUT2D eigenvalue weighted by Gasteiger charge is 2.45. The number of hydrogen-bond acceptors (Lipinski definition) is 12. The molecule has 0 rings (SSSR count). The maximum absolute atomic E-state index is 15.1. The molecular formula is C60H109N11O12. The number of hydrogen-bond donors (Lipinski definition) is 6. The van der Waals surface area contributed by atoms with Gasteiger partial charge in [-0.25, -0.2) is 0 Å². The van der Waals surface area contributed by atoms with Crippen LogP contribution in [-0.2, 0) is 52.7 Å². The van der Waals surface area contributed by atoms with Gasteiger partial charge < -0.3 is 61.5 Å². The molecule has 0 aliphatic heterocycles. The van der Waals surface area contributed by atoms with Crippen molar-refractivity contribution in [3.05, 3.63) is 12.2 Å². The van der Waals surface area contributed by atoms with Gasteiger partial charge in [0.05, 0.1) is 12.6 Å². The van der Waals surface area contributed by atoms with E-state index < -0.39 is 144 Å². The van der Waals surface area contributed by atoms with E-state index >= 15 is 4.79 Å². The molecule has 0 saturated carbocycles. The molecule has 0 radical (unpaired) electrons. The van der Waals surface area contributed by atoms with Gasteiger partial charge in [0.25, 0.3) is 0 Å². The number of aliphatic hydroxyl groups excluding tert-OH is 1. The van der Waals surface area contributed by atoms with Crippen LogP contribution < -0.4 is 27.0 Å². The Hall–Kier alpha value is -6.13. The molecule has 0 heterocycles. The van der Waals surface area contributed by atoms with E-state index in [1.165, 1.54) is 68.7 Å². The Morgan fingerprint density at radius 3 is 1.41 bits per heavy atom. The number of likely N-dealkylation sites (N-methyl/N-ethyl adjacent to an activating group) is 6. The van der Waals surface area contributed by atoms with E-state index in [0.717, 1.165) is 9.80 Å². The van der Waals surface area contributed by atoms with E-state index in [2.05, 4.69) is 21.3 Å². The summed E-state index contributed by atoms with van der Waals surface area (Å²) in [6, 6.07) is -10.5. The van der Waals surface area contributed by atoms with Crippen molar-refractivity contribution in [3.8, 4) is 0 Å². The number of allylic oxidation sites excluding steroid dienone is 2. The highest BCUT2D eigenvalue weighted by atomic mass is 16.3. The van der Waals surface area contributed by atoms with Gasteiger partial charge >= 0.3 is 0 Å². The van der Waals surface area contributed by atoms with E-state index in [1.54, 1.807) is 67.7 Å². The number of nitrogens with one attached hydrogen (secondary N) is 4. The van der Waals surface area contributed by atoms with E-state index in [-0.39, 0.29) is 54.8 Å². The second-order valence-corrected chi connectivity index (χ2v) is 25.4. The van der Waals surface area contributed by atoms with E-state index in [9.17, 15) is 53.1 Å². The van der Waals surface area contributed by atoms with Crippen molar-refractivity contribution < 1.29 is 57.8 Å². The third-order valence-electron chi connectivity index (χ3n) is 15.8. The Bertz CT molecular complexity index is 2250. The molecule has 0 aromatic heterocycles. The van der Waals surface area contributed by atoms with Gasteiger partial charge in [-0.1, -0.05) is 109 Å². The SMILES string of the molecule is C/C=C/C[C@@H](C)[C@H](O)C(C(=O)N[C@H](CC)C(=O)NCC(=O)N(C)[C@@H](C)C(N)=O)N(C)C(=O)[C@@H](C(C)C)N(C)C(=O)[C@@H](CC(C)C)N(C)C(=O)[C@H](CC(C)C)N(C)C(=O)[C@H](C)NC(=O)[C@@H](CC(C)C)NC(=O)[C@H](C)N(C)C(=O)[C@@H](C)C(C)(C)C. The van der Waals surface area contributed by atoms with Gasteiger partial charge in [0.1, 0.15) is 54.4 Å². The molecule has 0 aromatic rings. The minimum Gasteiger partial charge on any atom is -0.390 e. The van der Waals surface area contributed by atoms with Crippen LogP contribution in [-0.4, -0.2) is 209 Å². The predicted octanol–water partition coefficient (Wildman–Crippen LogP) is 2.91. The molecule has 12 atom stereocenters. The van der Waals surface area contributed by atoms with Crippen LogP contribution in [0.2, 0.25) is 0 Å². The number of primary amides is 1. The molecule has 0 spiro atoms. The molecule has 11 amide bonds. The van der Waals surface area contributed by atoms with Crippen LogP contribution in [0.25, 0.3) is 0 Å². The normalized spacial score (nSPS) is 16.2. The van der Waals surface area contributed by atoms with Gasteiger partial charge in [0.2, 0.25) is 65.0 Å². The number of aliphatic hydroxyl groups is 1. The number of rotatable bonds is 33. The fourth-order valence-electron chi connectivity index (χ4n) is 9.41. The van der Waals surface area contributed by atoms with Crippen LogP contribution in [0.4, 0.5) is 0 Å². The molecule has 7 N–H and O–H groups in total. The summed E-state index contributed by atoms with van der Waals surface area (Å²) in [6.45, 7) is 31.4. The minimum atomic E-state index is -1.60. The quantitative estimate of drug-likeness (QED) is 0.0517. The van der Waals surface area contributed by atoms with Crippen molar-refractivity contribution in [2.75, 3.05) is 48.8 Å². The third-order valence-corrected chi connectivity index (χ3v) is 15.8. The lowest BCUT2D eigenvalue weighted by atomic mass is 9.81. The summed E-state index contributed by atoms with van der Waals surface area (Å²) in [5.74, 6) is -8.89. The highest BCUT2D eigenvalue weighted by Crippen LogP contribution is 2.28. The molecule has 476 valence electrons. The van der Waals surface area contributed by atoms with Crippen molar-refractivity contribution in [2.24, 2.45) is 46.7 Å². The summed E-state index contributed by atoms with van der Waals surface area (Å²) in [5, 5.41) is 22.6. The Morgan fingerprint density at radius 1 is 0.518 bits per heavy atom. The summed E-state index contributed by atoms with van der Waals surface area (Å²) in [4.78, 5) is 160. The molecule has 0 fully saturated rings. The van der Waals surface area contributed by atoms with Crippen molar-refractivity contribution >= 4 is 65.0 Å². The molecule has 23 nitrogen and oxygen atoms in total. The zero-order chi connectivity index (χ0) is 65.0. The van der Waals surface area contributed by atoms with Crippen molar-refractivity contribution in [3.63, 3.8) is 0 Å². The number of amides is 11. The van der Waals surface area contributed by atoms with Gasteiger partial charge in [-0.3, -0.25) is 52.7 Å². The average molecular weight is 1180 g/mol. The number of nitrogens with two attached hydrogens (primary N) is 1. The molecule has 83 heavy (non-hydrogen) atoms. The average Bonchev–Trinajstić information content (AvgIpc) is 3.60. The number of carbonyl (C=O) groups excluding carboxylic acids is 11. The monoisotopic (exact) mass is 1180 g/mol. The molecule has 0 bridgehead atoms. The van der Waals surface area contributed by atoms with Crippen molar-refractivity contribution in [1.82, 2.24) is 50.7 Å². The molecule has 0 aliphatic rings. The summed E-state index contributed by atoms with van der Waals surface area (Å²) >= 11 is 0. The maximum atomic E-state index is 15.1. The van der Waals surface area contributed by atoms with Gasteiger partial charge in [-0.15, -0.1) is 0 Å². The summed E-state index contributed by atoms with van der Waals surface area (Å²) in [6.07, 6.45) is 2.96. The van der Waals surface area contributed by atoms with E-state index in [1.807, 2.05) is 62.3 Å². The lowest BCUT2D eigenvalue weighted by molar-refractivity contribution is -0.157. The van der Waals surface area contributed by atoms with Crippen LogP contribution in [0.5, 0.6) is 0 Å². The second kappa shape index (κ2) is 34.6. The topological polar surface area (TPSA) is 302 Å². The number of nitrogens with zero attached hydrogens (tertiary/aromatic N) is 6. The Labute approximate surface area is 496 Å². The van der Waals surface area contributed by atoms with Crippen LogP contribution >= 0.6 is 0 Å². The summed E-state index contributed by atoms with van der Waals surface area (Å²) < 4.78 is 0. The first-order valence-electron chi connectivity index (χ1n) is 29.4. The zero-order valence-corrected chi connectivity index (χ0v) is 54.8. The van der Waals surface area contributed by atoms with Gasteiger partial charge in [-0.2, -0.15) is 0 Å². The van der Waals surface area contributed by atoms with Crippen LogP contribution in [0.3, 0.4) is 0 Å². The van der Waals surface area contributed by atoms with Gasteiger partial charge in [0, 0.05) is 48.2 Å². The smallest absolute Gasteiger partial charge is 0.246 e. The van der Waals surface area contributed by atoms with Crippen molar-refractivity contribution in [2.45, 2.75) is 217 Å². The first-order chi connectivity index (χ1) is 38.0. The summed E-state index contributed by atoms with van der Waals surface area (Å²) in [7, 11) is 8.57. The third kappa shape index (κ3) is 22.8. The Morgan fingerprint density at radius 2 is 0.976 bits per heavy atom. The molecule has 1 unspecified atom stereocenters. The van der Waals surface area contributed by atoms with Crippen LogP contribution in [0.15, 0.2) is 12.2 Å². The molecular weight excluding hydrogens is 1070 g/mol. The standard InChI is InChI=1S/C60H109N11O12/c1-25-27-28-37(11)49(73)48(54(78)64-42(26-2)52(76)62-32-46(72)66(19)40(14)50(61)74)71(24)59(83)47(36(9)10)70(23)58(82)45(31-35(7)8)69(22)57(81)44(30-34(5)6)68(21)56(80)39(13)63-53(77)43(29-33(3)4)65-51(75)41(15)67(20)55(79)38(12)60(16,17)18/h25,27,33-45,47-49,73H,26,28-32H2,1-24H3,(H2,61,74)(H,62,76)(H,63,77)(H,64,78)(H,65,75)/b27-25+/t37-,38-,39+,40+,41+,42-,43-,44+,45-,47-,48?,49+/m1/s1. The van der Waals surface area contributed by atoms with Gasteiger partial charge in [-0.05, 0) is 94.8 Å². The largest absolute Gasteiger partial charge is 0.390 e. The van der Waals surface area contributed by atoms with E-state index in [0.29, 0.717) is 6.42 Å². The van der Waals surface area contributed by atoms with Gasteiger partial charge in [0.15, 0.2) is 0 Å². The zero-order valence-electron chi connectivity index (χ0n) is 54.8. The van der Waals surface area contributed by atoms with Crippen LogP contribution in [0.1, 0.15) is 157 Å². The minimum absolute atomic E-state index is 0.0435. The van der Waals surface area contributed by atoms with Crippen LogP contribution in [0, 0.1) is 40.9 Å². The van der Waals surface area contributed by atoms with Crippen molar-refractivity contribution in [1.29, 1.82) is 0 Å². The fraction of sp³-hybridized carbons (Fsp3) is 0.783. The molecule has 0 aliphatic carbocycles. The second-order valence-electron chi connectivity index (χ2n) is 25.4. The lowest BCUT2D eigenvalue weighted by Gasteiger charge is -2.41. The maximum Gasteiger partial charge on any atom is 0.246 e. The van der Waals surface area contributed by atoms with E-state index in [4.69, 9.17) is 5.73 Å². The Balaban J connectivity index is 7.06.